The van der Waals surface area contributed by atoms with Gasteiger partial charge in [-0.25, -0.2) is 0 Å². The molecule has 1 aliphatic carbocycles. The summed E-state index contributed by atoms with van der Waals surface area (Å²) in [6.07, 6.45) is 1.01. The fourth-order valence-corrected chi connectivity index (χ4v) is 3.90. The number of hydrogen-bond donors (Lipinski definition) is 2. The normalized spacial score (nSPS) is 20.1. The molecular weight excluding hydrogens is 280 g/mol. The molecule has 3 nitrogen and oxygen atoms in total. The van der Waals surface area contributed by atoms with Crippen molar-refractivity contribution in [2.24, 2.45) is 5.73 Å². The van der Waals surface area contributed by atoms with E-state index in [1.807, 2.05) is 30.3 Å². The molecule has 3 N–H and O–H groups in total. The minimum Gasteiger partial charge on any atom is -0.326 e. The van der Waals surface area contributed by atoms with Gasteiger partial charge in [-0.1, -0.05) is 24.3 Å². The van der Waals surface area contributed by atoms with E-state index in [0.29, 0.717) is 5.25 Å². The van der Waals surface area contributed by atoms with E-state index >= 15 is 0 Å². The van der Waals surface area contributed by atoms with Crippen LogP contribution < -0.4 is 11.1 Å². The number of thioether (sulfide) groups is 1. The first kappa shape index (κ1) is 14.2. The van der Waals surface area contributed by atoms with Gasteiger partial charge < -0.3 is 11.1 Å². The summed E-state index contributed by atoms with van der Waals surface area (Å²) in [6, 6.07) is 16.4. The van der Waals surface area contributed by atoms with Crippen LogP contribution in [0.25, 0.3) is 0 Å². The van der Waals surface area contributed by atoms with Crippen molar-refractivity contribution in [2.75, 3.05) is 5.32 Å². The number of nitrogens with one attached hydrogen (secondary N) is 1. The van der Waals surface area contributed by atoms with Crippen LogP contribution in [0, 0.1) is 0 Å². The molecule has 21 heavy (non-hydrogen) atoms. The molecule has 1 aliphatic rings. The van der Waals surface area contributed by atoms with E-state index in [1.165, 1.54) is 22.9 Å². The molecule has 2 atom stereocenters. The van der Waals surface area contributed by atoms with E-state index in [1.54, 1.807) is 11.8 Å². The second kappa shape index (κ2) is 5.92. The Labute approximate surface area is 128 Å². The molecule has 0 heterocycles. The molecule has 0 spiro atoms. The number of anilines is 1. The molecule has 0 aromatic heterocycles. The molecule has 0 saturated heterocycles. The van der Waals surface area contributed by atoms with Gasteiger partial charge in [0.15, 0.2) is 0 Å². The fourth-order valence-electron chi connectivity index (χ4n) is 2.70. The zero-order valence-corrected chi connectivity index (χ0v) is 12.7. The van der Waals surface area contributed by atoms with Crippen molar-refractivity contribution in [3.05, 3.63) is 59.7 Å². The van der Waals surface area contributed by atoms with Crippen LogP contribution >= 0.6 is 11.8 Å². The van der Waals surface area contributed by atoms with Gasteiger partial charge in [0.25, 0.3) is 0 Å². The predicted octanol–water partition coefficient (Wildman–Crippen LogP) is 3.36. The van der Waals surface area contributed by atoms with Crippen molar-refractivity contribution in [3.8, 4) is 0 Å². The predicted molar refractivity (Wildman–Crippen MR) is 87.5 cm³/mol. The number of fused-ring (bicyclic) bond motifs is 1. The molecule has 2 aromatic carbocycles. The van der Waals surface area contributed by atoms with Crippen molar-refractivity contribution < 1.29 is 4.79 Å². The molecule has 0 saturated carbocycles. The molecule has 2 unspecified atom stereocenters. The highest BCUT2D eigenvalue weighted by molar-refractivity contribution is 8.00. The van der Waals surface area contributed by atoms with E-state index in [4.69, 9.17) is 5.73 Å². The highest BCUT2D eigenvalue weighted by atomic mass is 32.2. The van der Waals surface area contributed by atoms with Gasteiger partial charge in [-0.15, -0.1) is 11.8 Å². The Kier molecular flexibility index (Phi) is 3.99. The molecule has 3 rings (SSSR count). The van der Waals surface area contributed by atoms with Crippen LogP contribution in [0.5, 0.6) is 0 Å². The van der Waals surface area contributed by atoms with Gasteiger partial charge in [0.05, 0.1) is 0 Å². The Morgan fingerprint density at radius 1 is 1.19 bits per heavy atom. The molecule has 1 amide bonds. The molecule has 0 aliphatic heterocycles. The zero-order chi connectivity index (χ0) is 14.8. The maximum atomic E-state index is 11.0. The molecule has 0 fully saturated rings. The Morgan fingerprint density at radius 3 is 2.57 bits per heavy atom. The molecule has 0 radical (unpaired) electrons. The lowest BCUT2D eigenvalue weighted by atomic mass is 10.1. The lowest BCUT2D eigenvalue weighted by Gasteiger charge is -2.15. The van der Waals surface area contributed by atoms with Crippen LogP contribution in [-0.4, -0.2) is 11.2 Å². The van der Waals surface area contributed by atoms with Gasteiger partial charge >= 0.3 is 0 Å². The summed E-state index contributed by atoms with van der Waals surface area (Å²) in [4.78, 5) is 12.2. The number of rotatable bonds is 3. The van der Waals surface area contributed by atoms with Gasteiger partial charge in [0, 0.05) is 28.8 Å². The van der Waals surface area contributed by atoms with Crippen molar-refractivity contribution in [3.63, 3.8) is 0 Å². The summed E-state index contributed by atoms with van der Waals surface area (Å²) in [5.41, 5.74) is 9.81. The van der Waals surface area contributed by atoms with Crippen LogP contribution in [0.1, 0.15) is 24.1 Å². The van der Waals surface area contributed by atoms with E-state index < -0.39 is 0 Å². The molecular formula is C17H18N2OS. The summed E-state index contributed by atoms with van der Waals surface area (Å²) < 4.78 is 0. The number of benzene rings is 2. The van der Waals surface area contributed by atoms with E-state index in [9.17, 15) is 4.79 Å². The first-order chi connectivity index (χ1) is 10.1. The monoisotopic (exact) mass is 298 g/mol. The smallest absolute Gasteiger partial charge is 0.221 e. The van der Waals surface area contributed by atoms with Crippen molar-refractivity contribution >= 4 is 23.4 Å². The highest BCUT2D eigenvalue weighted by Gasteiger charge is 2.29. The molecule has 4 heteroatoms. The second-order valence-electron chi connectivity index (χ2n) is 5.29. The summed E-state index contributed by atoms with van der Waals surface area (Å²) in [6.45, 7) is 1.51. The third-order valence-corrected chi connectivity index (χ3v) is 5.00. The second-order valence-corrected chi connectivity index (χ2v) is 6.60. The van der Waals surface area contributed by atoms with Gasteiger partial charge in [-0.3, -0.25) is 4.79 Å². The minimum atomic E-state index is -0.0522. The SMILES string of the molecule is CC(=O)Nc1ccc(SC2Cc3ccccc3C2N)cc1. The molecule has 108 valence electrons. The van der Waals surface area contributed by atoms with Crippen molar-refractivity contribution in [1.82, 2.24) is 0 Å². The Balaban J connectivity index is 1.69. The third kappa shape index (κ3) is 3.12. The van der Waals surface area contributed by atoms with Crippen molar-refractivity contribution in [1.29, 1.82) is 0 Å². The van der Waals surface area contributed by atoms with Crippen molar-refractivity contribution in [2.45, 2.75) is 29.5 Å². The summed E-state index contributed by atoms with van der Waals surface area (Å²) in [7, 11) is 0. The lowest BCUT2D eigenvalue weighted by molar-refractivity contribution is -0.114. The van der Waals surface area contributed by atoms with E-state index in [0.717, 1.165) is 12.1 Å². The number of amides is 1. The first-order valence-electron chi connectivity index (χ1n) is 7.01. The van der Waals surface area contributed by atoms with Crippen LogP contribution in [0.4, 0.5) is 5.69 Å². The van der Waals surface area contributed by atoms with Gasteiger partial charge in [-0.05, 0) is 41.8 Å². The minimum absolute atomic E-state index is 0.0522. The molecule has 2 aromatic rings. The van der Waals surface area contributed by atoms with E-state index in [2.05, 4.69) is 23.5 Å². The van der Waals surface area contributed by atoms with Crippen LogP contribution in [0.2, 0.25) is 0 Å². The fraction of sp³-hybridized carbons (Fsp3) is 0.235. The maximum absolute atomic E-state index is 11.0. The van der Waals surface area contributed by atoms with Crippen LogP contribution in [-0.2, 0) is 11.2 Å². The first-order valence-corrected chi connectivity index (χ1v) is 7.89. The summed E-state index contributed by atoms with van der Waals surface area (Å²) in [5, 5.41) is 3.15. The zero-order valence-electron chi connectivity index (χ0n) is 11.9. The standard InChI is InChI=1S/C17H18N2OS/c1-11(20)19-13-6-8-14(9-7-13)21-16-10-12-4-2-3-5-15(12)17(16)18/h2-9,16-17H,10,18H2,1H3,(H,19,20). The summed E-state index contributed by atoms with van der Waals surface area (Å²) >= 11 is 1.81. The average Bonchev–Trinajstić information content (AvgIpc) is 2.78. The Bertz CT molecular complexity index is 654. The number of nitrogens with two attached hydrogens (primary N) is 1. The highest BCUT2D eigenvalue weighted by Crippen LogP contribution is 2.40. The lowest BCUT2D eigenvalue weighted by Crippen LogP contribution is -2.18. The summed E-state index contributed by atoms with van der Waals surface area (Å²) in [5.74, 6) is -0.0522. The number of carbonyl (C=O) groups excluding carboxylic acids is 1. The Morgan fingerprint density at radius 2 is 1.90 bits per heavy atom. The maximum Gasteiger partial charge on any atom is 0.221 e. The quantitative estimate of drug-likeness (QED) is 0.913. The molecule has 0 bridgehead atoms. The van der Waals surface area contributed by atoms with E-state index in [-0.39, 0.29) is 11.9 Å². The third-order valence-electron chi connectivity index (χ3n) is 3.70. The van der Waals surface area contributed by atoms with Crippen LogP contribution in [0.3, 0.4) is 0 Å². The van der Waals surface area contributed by atoms with Gasteiger partial charge in [0.1, 0.15) is 0 Å². The average molecular weight is 298 g/mol. The largest absolute Gasteiger partial charge is 0.326 e. The van der Waals surface area contributed by atoms with Crippen LogP contribution in [0.15, 0.2) is 53.4 Å². The number of hydrogen-bond acceptors (Lipinski definition) is 3. The number of carbonyl (C=O) groups is 1. The van der Waals surface area contributed by atoms with Gasteiger partial charge in [-0.2, -0.15) is 0 Å². The Hall–Kier alpha value is -1.78. The topological polar surface area (TPSA) is 55.1 Å². The van der Waals surface area contributed by atoms with Gasteiger partial charge in [0.2, 0.25) is 5.91 Å².